The van der Waals surface area contributed by atoms with Crippen molar-refractivity contribution in [3.63, 3.8) is 0 Å². The maximum Gasteiger partial charge on any atom is 0.124 e. The van der Waals surface area contributed by atoms with Crippen LogP contribution in [0.3, 0.4) is 0 Å². The van der Waals surface area contributed by atoms with Crippen molar-refractivity contribution in [1.29, 1.82) is 0 Å². The molecule has 2 unspecified atom stereocenters. The second-order valence-electron chi connectivity index (χ2n) is 6.48. The van der Waals surface area contributed by atoms with Gasteiger partial charge in [-0.3, -0.25) is 0 Å². The van der Waals surface area contributed by atoms with Crippen LogP contribution in [0.1, 0.15) is 50.8 Å². The molecule has 0 saturated heterocycles. The molecule has 0 spiro atoms. The maximum absolute atomic E-state index is 10.4. The Balaban J connectivity index is 2.14. The van der Waals surface area contributed by atoms with Gasteiger partial charge in [0.05, 0.1) is 12.2 Å². The number of fused-ring (bicyclic) bond motifs is 1. The quantitative estimate of drug-likeness (QED) is 0.888. The van der Waals surface area contributed by atoms with E-state index in [1.165, 1.54) is 11.1 Å². The van der Waals surface area contributed by atoms with Gasteiger partial charge in [-0.15, -0.1) is 0 Å². The number of aryl methyl sites for hydroxylation is 1. The molecule has 1 heterocycles. The van der Waals surface area contributed by atoms with Crippen molar-refractivity contribution in [3.8, 4) is 5.75 Å². The van der Waals surface area contributed by atoms with Gasteiger partial charge < -0.3 is 15.2 Å². The Labute approximate surface area is 122 Å². The summed E-state index contributed by atoms with van der Waals surface area (Å²) in [6, 6.07) is 6.61. The van der Waals surface area contributed by atoms with Crippen LogP contribution in [0.25, 0.3) is 0 Å². The van der Waals surface area contributed by atoms with Gasteiger partial charge in [0.25, 0.3) is 0 Å². The molecule has 3 heteroatoms. The van der Waals surface area contributed by atoms with Crippen LogP contribution >= 0.6 is 0 Å². The van der Waals surface area contributed by atoms with E-state index < -0.39 is 5.60 Å². The monoisotopic (exact) mass is 277 g/mol. The van der Waals surface area contributed by atoms with Crippen LogP contribution in [0.4, 0.5) is 0 Å². The number of aliphatic hydroxyl groups is 1. The summed E-state index contributed by atoms with van der Waals surface area (Å²) < 4.78 is 5.81. The van der Waals surface area contributed by atoms with Crippen molar-refractivity contribution in [2.24, 2.45) is 5.92 Å². The van der Waals surface area contributed by atoms with Crippen LogP contribution in [-0.4, -0.2) is 23.9 Å². The summed E-state index contributed by atoms with van der Waals surface area (Å²) in [5.74, 6) is 1.21. The van der Waals surface area contributed by atoms with E-state index in [2.05, 4.69) is 44.3 Å². The summed E-state index contributed by atoms with van der Waals surface area (Å²) in [4.78, 5) is 0. The van der Waals surface area contributed by atoms with Crippen molar-refractivity contribution in [2.75, 3.05) is 13.2 Å². The van der Waals surface area contributed by atoms with Gasteiger partial charge in [0, 0.05) is 18.2 Å². The summed E-state index contributed by atoms with van der Waals surface area (Å²) in [6.07, 6.45) is 2.08. The first kappa shape index (κ1) is 15.3. The van der Waals surface area contributed by atoms with Crippen molar-refractivity contribution < 1.29 is 9.84 Å². The van der Waals surface area contributed by atoms with Gasteiger partial charge in [0.15, 0.2) is 0 Å². The lowest BCUT2D eigenvalue weighted by Crippen LogP contribution is -2.43. The van der Waals surface area contributed by atoms with Crippen LogP contribution < -0.4 is 10.1 Å². The average Bonchev–Trinajstić information content (AvgIpc) is 2.58. The molecule has 0 saturated carbocycles. The molecule has 2 N–H and O–H groups in total. The van der Waals surface area contributed by atoms with E-state index in [1.807, 2.05) is 6.92 Å². The zero-order valence-corrected chi connectivity index (χ0v) is 13.1. The molecule has 1 aromatic rings. The standard InChI is InChI=1S/C17H27NO2/c1-12(2)17(4,19)11-18-15-6-5-9-20-16-8-7-13(3)10-14(15)16/h7-8,10,12,15,18-19H,5-6,9,11H2,1-4H3. The number of rotatable bonds is 4. The molecule has 0 aliphatic carbocycles. The van der Waals surface area contributed by atoms with E-state index in [0.717, 1.165) is 25.2 Å². The fourth-order valence-electron chi connectivity index (χ4n) is 2.44. The normalized spacial score (nSPS) is 21.8. The number of ether oxygens (including phenoxy) is 1. The Morgan fingerprint density at radius 1 is 1.45 bits per heavy atom. The van der Waals surface area contributed by atoms with Crippen LogP contribution in [0.2, 0.25) is 0 Å². The van der Waals surface area contributed by atoms with Gasteiger partial charge in [0.1, 0.15) is 5.75 Å². The molecule has 112 valence electrons. The summed E-state index contributed by atoms with van der Waals surface area (Å²) in [7, 11) is 0. The lowest BCUT2D eigenvalue weighted by molar-refractivity contribution is 0.0115. The van der Waals surface area contributed by atoms with Gasteiger partial charge in [0.2, 0.25) is 0 Å². The average molecular weight is 277 g/mol. The molecular weight excluding hydrogens is 250 g/mol. The second kappa shape index (κ2) is 6.15. The third-order valence-corrected chi connectivity index (χ3v) is 4.39. The van der Waals surface area contributed by atoms with Gasteiger partial charge >= 0.3 is 0 Å². The largest absolute Gasteiger partial charge is 0.493 e. The van der Waals surface area contributed by atoms with E-state index >= 15 is 0 Å². The van der Waals surface area contributed by atoms with E-state index in [0.29, 0.717) is 6.54 Å². The van der Waals surface area contributed by atoms with Crippen molar-refractivity contribution in [3.05, 3.63) is 29.3 Å². The lowest BCUT2D eigenvalue weighted by Gasteiger charge is -2.30. The molecule has 20 heavy (non-hydrogen) atoms. The fraction of sp³-hybridized carbons (Fsp3) is 0.647. The van der Waals surface area contributed by atoms with E-state index in [9.17, 15) is 5.11 Å². The van der Waals surface area contributed by atoms with Gasteiger partial charge in [-0.25, -0.2) is 0 Å². The third-order valence-electron chi connectivity index (χ3n) is 4.39. The molecule has 2 atom stereocenters. The van der Waals surface area contributed by atoms with Crippen LogP contribution in [0.5, 0.6) is 5.75 Å². The van der Waals surface area contributed by atoms with E-state index in [1.54, 1.807) is 0 Å². The zero-order chi connectivity index (χ0) is 14.8. The highest BCUT2D eigenvalue weighted by atomic mass is 16.5. The predicted molar refractivity (Wildman–Crippen MR) is 82.1 cm³/mol. The third kappa shape index (κ3) is 3.53. The SMILES string of the molecule is Cc1ccc2c(c1)C(NCC(C)(O)C(C)C)CCCO2. The van der Waals surface area contributed by atoms with Crippen LogP contribution in [-0.2, 0) is 0 Å². The van der Waals surface area contributed by atoms with Gasteiger partial charge in [-0.1, -0.05) is 31.5 Å². The van der Waals surface area contributed by atoms with E-state index in [4.69, 9.17) is 4.74 Å². The number of hydrogen-bond acceptors (Lipinski definition) is 3. The highest BCUT2D eigenvalue weighted by Crippen LogP contribution is 2.32. The Morgan fingerprint density at radius 2 is 2.20 bits per heavy atom. The minimum absolute atomic E-state index is 0.231. The zero-order valence-electron chi connectivity index (χ0n) is 13.1. The summed E-state index contributed by atoms with van der Waals surface area (Å²) >= 11 is 0. The molecule has 0 bridgehead atoms. The Kier molecular flexibility index (Phi) is 4.71. The molecule has 1 aromatic carbocycles. The van der Waals surface area contributed by atoms with Crippen LogP contribution in [0, 0.1) is 12.8 Å². The Hall–Kier alpha value is -1.06. The van der Waals surface area contributed by atoms with E-state index in [-0.39, 0.29) is 12.0 Å². The molecule has 2 rings (SSSR count). The number of hydrogen-bond donors (Lipinski definition) is 2. The number of nitrogens with one attached hydrogen (secondary N) is 1. The molecule has 0 amide bonds. The molecule has 0 radical (unpaired) electrons. The van der Waals surface area contributed by atoms with Crippen molar-refractivity contribution in [1.82, 2.24) is 5.32 Å². The molecule has 1 aliphatic rings. The topological polar surface area (TPSA) is 41.5 Å². The van der Waals surface area contributed by atoms with Crippen molar-refractivity contribution >= 4 is 0 Å². The second-order valence-corrected chi connectivity index (χ2v) is 6.48. The first-order valence-corrected chi connectivity index (χ1v) is 7.59. The molecule has 3 nitrogen and oxygen atoms in total. The predicted octanol–water partition coefficient (Wildman–Crippen LogP) is 3.21. The molecule has 0 fully saturated rings. The molecule has 0 aromatic heterocycles. The molecular formula is C17H27NO2. The Morgan fingerprint density at radius 3 is 2.90 bits per heavy atom. The summed E-state index contributed by atoms with van der Waals surface area (Å²) in [6.45, 7) is 9.48. The first-order chi connectivity index (χ1) is 9.40. The summed E-state index contributed by atoms with van der Waals surface area (Å²) in [5, 5.41) is 13.9. The number of benzene rings is 1. The fourth-order valence-corrected chi connectivity index (χ4v) is 2.44. The smallest absolute Gasteiger partial charge is 0.124 e. The lowest BCUT2D eigenvalue weighted by atomic mass is 9.91. The first-order valence-electron chi connectivity index (χ1n) is 7.59. The Bertz CT molecular complexity index is 454. The highest BCUT2D eigenvalue weighted by Gasteiger charge is 2.27. The summed E-state index contributed by atoms with van der Waals surface area (Å²) in [5.41, 5.74) is 1.79. The maximum atomic E-state index is 10.4. The minimum Gasteiger partial charge on any atom is -0.493 e. The van der Waals surface area contributed by atoms with Gasteiger partial charge in [-0.2, -0.15) is 0 Å². The minimum atomic E-state index is -0.683. The van der Waals surface area contributed by atoms with Crippen LogP contribution in [0.15, 0.2) is 18.2 Å². The molecule has 1 aliphatic heterocycles. The highest BCUT2D eigenvalue weighted by molar-refractivity contribution is 5.39. The van der Waals surface area contributed by atoms with Crippen molar-refractivity contribution in [2.45, 2.75) is 52.2 Å². The van der Waals surface area contributed by atoms with Gasteiger partial charge in [-0.05, 0) is 38.7 Å².